The van der Waals surface area contributed by atoms with Crippen LogP contribution in [-0.2, 0) is 4.74 Å². The largest absolute Gasteiger partial charge is 0.450 e. The minimum atomic E-state index is -0.217. The molecule has 32 heavy (non-hydrogen) atoms. The van der Waals surface area contributed by atoms with Gasteiger partial charge in [0.1, 0.15) is 5.82 Å². The fourth-order valence-corrected chi connectivity index (χ4v) is 4.12. The molecule has 2 aliphatic heterocycles. The Balaban J connectivity index is 1.39. The molecule has 2 heterocycles. The maximum Gasteiger partial charge on any atom is 0.409 e. The van der Waals surface area contributed by atoms with E-state index in [4.69, 9.17) is 9.73 Å². The molecule has 178 valence electrons. The zero-order valence-electron chi connectivity index (χ0n) is 19.4. The van der Waals surface area contributed by atoms with E-state index in [9.17, 15) is 9.18 Å². The number of likely N-dealkylation sites (tertiary alicyclic amines) is 1. The number of piperidine rings is 1. The first kappa shape index (κ1) is 24.1. The van der Waals surface area contributed by atoms with Gasteiger partial charge in [-0.05, 0) is 51.0 Å². The number of amides is 1. The Morgan fingerprint density at radius 2 is 1.78 bits per heavy atom. The zero-order valence-corrected chi connectivity index (χ0v) is 19.4. The Morgan fingerprint density at radius 1 is 1.09 bits per heavy atom. The summed E-state index contributed by atoms with van der Waals surface area (Å²) in [7, 11) is 0. The molecule has 8 nitrogen and oxygen atoms in total. The van der Waals surface area contributed by atoms with Crippen LogP contribution < -0.4 is 15.5 Å². The lowest BCUT2D eigenvalue weighted by Gasteiger charge is -2.36. The van der Waals surface area contributed by atoms with Gasteiger partial charge in [-0.15, -0.1) is 0 Å². The molecular formula is C23H37FN6O2. The molecule has 3 rings (SSSR count). The summed E-state index contributed by atoms with van der Waals surface area (Å²) in [5.74, 6) is 0.645. The summed E-state index contributed by atoms with van der Waals surface area (Å²) < 4.78 is 18.2. The number of piperazine rings is 1. The molecule has 1 aromatic carbocycles. The van der Waals surface area contributed by atoms with Gasteiger partial charge < -0.3 is 25.2 Å². The Labute approximate surface area is 190 Å². The van der Waals surface area contributed by atoms with Crippen LogP contribution in [-0.4, -0.2) is 93.4 Å². The Hall–Kier alpha value is -2.55. The second-order valence-electron chi connectivity index (χ2n) is 8.17. The van der Waals surface area contributed by atoms with Crippen LogP contribution in [0.2, 0.25) is 0 Å². The molecule has 0 spiro atoms. The van der Waals surface area contributed by atoms with E-state index < -0.39 is 0 Å². The highest BCUT2D eigenvalue weighted by molar-refractivity contribution is 5.80. The Kier molecular flexibility index (Phi) is 9.40. The molecule has 0 aliphatic carbocycles. The van der Waals surface area contributed by atoms with Crippen LogP contribution >= 0.6 is 0 Å². The maximum atomic E-state index is 13.1. The highest BCUT2D eigenvalue weighted by atomic mass is 19.1. The third-order valence-corrected chi connectivity index (χ3v) is 5.96. The van der Waals surface area contributed by atoms with Crippen LogP contribution in [0, 0.1) is 5.82 Å². The number of guanidine groups is 1. The fourth-order valence-electron chi connectivity index (χ4n) is 4.12. The molecule has 0 atom stereocenters. The first-order chi connectivity index (χ1) is 15.6. The van der Waals surface area contributed by atoms with Crippen molar-refractivity contribution in [3.8, 4) is 0 Å². The molecule has 2 N–H and O–H groups in total. The Morgan fingerprint density at radius 3 is 2.41 bits per heavy atom. The Bertz CT molecular complexity index is 729. The molecule has 0 saturated carbocycles. The number of aliphatic imine (C=N–C) groups is 1. The van der Waals surface area contributed by atoms with Crippen LogP contribution in [0.15, 0.2) is 29.3 Å². The second-order valence-corrected chi connectivity index (χ2v) is 8.17. The highest BCUT2D eigenvalue weighted by Gasteiger charge is 2.24. The van der Waals surface area contributed by atoms with Crippen molar-refractivity contribution in [2.75, 3.05) is 70.4 Å². The molecule has 1 amide bonds. The molecule has 9 heteroatoms. The monoisotopic (exact) mass is 448 g/mol. The van der Waals surface area contributed by atoms with Gasteiger partial charge in [0.2, 0.25) is 0 Å². The number of nitrogens with zero attached hydrogens (tertiary/aromatic N) is 4. The smallest absolute Gasteiger partial charge is 0.409 e. The normalized spacial score (nSPS) is 18.5. The van der Waals surface area contributed by atoms with Gasteiger partial charge >= 0.3 is 6.09 Å². The lowest BCUT2D eigenvalue weighted by Crippen LogP contribution is -2.50. The second kappa shape index (κ2) is 12.5. The third-order valence-electron chi connectivity index (χ3n) is 5.96. The summed E-state index contributed by atoms with van der Waals surface area (Å²) >= 11 is 0. The highest BCUT2D eigenvalue weighted by Crippen LogP contribution is 2.17. The fraction of sp³-hybridized carbons (Fsp3) is 0.652. The average Bonchev–Trinajstić information content (AvgIpc) is 2.81. The van der Waals surface area contributed by atoms with E-state index >= 15 is 0 Å². The van der Waals surface area contributed by atoms with Crippen molar-refractivity contribution < 1.29 is 13.9 Å². The average molecular weight is 449 g/mol. The molecule has 2 fully saturated rings. The van der Waals surface area contributed by atoms with Crippen LogP contribution in [0.1, 0.15) is 26.7 Å². The summed E-state index contributed by atoms with van der Waals surface area (Å²) in [5.41, 5.74) is 1.08. The lowest BCUT2D eigenvalue weighted by molar-refractivity contribution is 0.0963. The first-order valence-corrected chi connectivity index (χ1v) is 11.8. The van der Waals surface area contributed by atoms with Crippen molar-refractivity contribution in [2.45, 2.75) is 32.7 Å². The lowest BCUT2D eigenvalue weighted by atomic mass is 10.1. The van der Waals surface area contributed by atoms with Crippen molar-refractivity contribution in [3.05, 3.63) is 30.1 Å². The molecule has 0 aromatic heterocycles. The van der Waals surface area contributed by atoms with Crippen LogP contribution in [0.25, 0.3) is 0 Å². The number of hydrogen-bond donors (Lipinski definition) is 2. The van der Waals surface area contributed by atoms with E-state index in [2.05, 4.69) is 27.4 Å². The molecule has 2 aliphatic rings. The molecular weight excluding hydrogens is 411 g/mol. The van der Waals surface area contributed by atoms with Gasteiger partial charge in [0.25, 0.3) is 0 Å². The standard InChI is InChI=1S/C23H37FN6O2/c1-3-25-22(27-20-9-12-30(13-10-20)23(31)32-4-2)26-11-14-28-15-17-29(18-16-28)21-7-5-19(24)6-8-21/h5-8,20H,3-4,9-18H2,1-2H3,(H2,25,26,27). The van der Waals surface area contributed by atoms with Gasteiger partial charge in [0, 0.05) is 64.1 Å². The summed E-state index contributed by atoms with van der Waals surface area (Å²) in [6.45, 7) is 12.0. The van der Waals surface area contributed by atoms with E-state index in [0.717, 1.165) is 70.3 Å². The molecule has 2 saturated heterocycles. The first-order valence-electron chi connectivity index (χ1n) is 11.8. The number of benzene rings is 1. The number of carbonyl (C=O) groups is 1. The van der Waals surface area contributed by atoms with Crippen molar-refractivity contribution in [3.63, 3.8) is 0 Å². The zero-order chi connectivity index (χ0) is 22.8. The molecule has 0 bridgehead atoms. The predicted octanol–water partition coefficient (Wildman–Crippen LogP) is 2.12. The van der Waals surface area contributed by atoms with Crippen molar-refractivity contribution >= 4 is 17.7 Å². The van der Waals surface area contributed by atoms with E-state index in [-0.39, 0.29) is 11.9 Å². The van der Waals surface area contributed by atoms with Gasteiger partial charge in [-0.1, -0.05) is 0 Å². The third kappa shape index (κ3) is 7.25. The van der Waals surface area contributed by atoms with Crippen LogP contribution in [0.3, 0.4) is 0 Å². The minimum Gasteiger partial charge on any atom is -0.450 e. The summed E-state index contributed by atoms with van der Waals surface area (Å²) in [4.78, 5) is 23.1. The summed E-state index contributed by atoms with van der Waals surface area (Å²) in [6, 6.07) is 7.04. The molecule has 1 aromatic rings. The number of hydrogen-bond acceptors (Lipinski definition) is 5. The summed E-state index contributed by atoms with van der Waals surface area (Å²) in [6.07, 6.45) is 1.55. The van der Waals surface area contributed by atoms with Crippen molar-refractivity contribution in [2.24, 2.45) is 4.99 Å². The van der Waals surface area contributed by atoms with Gasteiger partial charge in [-0.2, -0.15) is 0 Å². The number of carbonyl (C=O) groups excluding carboxylic acids is 1. The molecule has 0 unspecified atom stereocenters. The van der Waals surface area contributed by atoms with E-state index in [0.29, 0.717) is 25.7 Å². The topological polar surface area (TPSA) is 72.4 Å². The number of ether oxygens (including phenoxy) is 1. The van der Waals surface area contributed by atoms with Gasteiger partial charge in [-0.3, -0.25) is 9.89 Å². The van der Waals surface area contributed by atoms with E-state index in [1.54, 1.807) is 4.90 Å². The van der Waals surface area contributed by atoms with Gasteiger partial charge in [0.05, 0.1) is 13.2 Å². The number of anilines is 1. The molecule has 0 radical (unpaired) electrons. The van der Waals surface area contributed by atoms with Crippen molar-refractivity contribution in [1.29, 1.82) is 0 Å². The van der Waals surface area contributed by atoms with Crippen LogP contribution in [0.4, 0.5) is 14.9 Å². The summed E-state index contributed by atoms with van der Waals surface area (Å²) in [5, 5.41) is 6.85. The SMILES string of the molecule is CCNC(=NCCN1CCN(c2ccc(F)cc2)CC1)NC1CCN(C(=O)OCC)CC1. The number of halogens is 1. The van der Waals surface area contributed by atoms with Crippen LogP contribution in [0.5, 0.6) is 0 Å². The predicted molar refractivity (Wildman–Crippen MR) is 126 cm³/mol. The van der Waals surface area contributed by atoms with Gasteiger partial charge in [0.15, 0.2) is 5.96 Å². The van der Waals surface area contributed by atoms with Crippen molar-refractivity contribution in [1.82, 2.24) is 20.4 Å². The number of rotatable bonds is 7. The van der Waals surface area contributed by atoms with E-state index in [1.807, 2.05) is 19.1 Å². The minimum absolute atomic E-state index is 0.195. The quantitative estimate of drug-likeness (QED) is 0.492. The van der Waals surface area contributed by atoms with E-state index in [1.165, 1.54) is 12.1 Å². The maximum absolute atomic E-state index is 13.1. The van der Waals surface area contributed by atoms with Gasteiger partial charge in [-0.25, -0.2) is 9.18 Å². The number of nitrogens with one attached hydrogen (secondary N) is 2.